The Labute approximate surface area is 92.9 Å². The second kappa shape index (κ2) is 5.91. The molecule has 0 aliphatic heterocycles. The van der Waals surface area contributed by atoms with Gasteiger partial charge in [0.15, 0.2) is 0 Å². The van der Waals surface area contributed by atoms with Crippen molar-refractivity contribution in [2.75, 3.05) is 7.05 Å². The normalized spacial score (nSPS) is 11.3. The van der Waals surface area contributed by atoms with Gasteiger partial charge in [0.2, 0.25) is 0 Å². The predicted molar refractivity (Wildman–Crippen MR) is 63.8 cm³/mol. The molecule has 0 fully saturated rings. The second-order valence-electron chi connectivity index (χ2n) is 4.47. The van der Waals surface area contributed by atoms with Crippen molar-refractivity contribution in [1.82, 2.24) is 15.1 Å². The zero-order valence-electron chi connectivity index (χ0n) is 10.4. The van der Waals surface area contributed by atoms with E-state index in [0.717, 1.165) is 19.5 Å². The summed E-state index contributed by atoms with van der Waals surface area (Å²) in [6.07, 6.45) is 4.31. The molecule has 1 aromatic rings. The summed E-state index contributed by atoms with van der Waals surface area (Å²) in [6, 6.07) is 0. The maximum absolute atomic E-state index is 4.47. The van der Waals surface area contributed by atoms with Gasteiger partial charge in [-0.2, -0.15) is 5.10 Å². The molecule has 3 nitrogen and oxygen atoms in total. The first-order chi connectivity index (χ1) is 7.19. The number of nitrogens with zero attached hydrogens (tertiary/aromatic N) is 2. The van der Waals surface area contributed by atoms with Crippen LogP contribution < -0.4 is 5.32 Å². The minimum Gasteiger partial charge on any atom is -0.316 e. The molecule has 0 spiro atoms. The third kappa shape index (κ3) is 3.34. The van der Waals surface area contributed by atoms with Gasteiger partial charge >= 0.3 is 0 Å². The van der Waals surface area contributed by atoms with Crippen LogP contribution in [0.15, 0.2) is 6.20 Å². The van der Waals surface area contributed by atoms with Gasteiger partial charge in [-0.15, -0.1) is 0 Å². The summed E-state index contributed by atoms with van der Waals surface area (Å²) in [5, 5.41) is 7.67. The van der Waals surface area contributed by atoms with Crippen molar-refractivity contribution in [3.8, 4) is 0 Å². The Morgan fingerprint density at radius 1 is 1.47 bits per heavy atom. The van der Waals surface area contributed by atoms with Crippen molar-refractivity contribution >= 4 is 0 Å². The fraction of sp³-hybridized carbons (Fsp3) is 0.750. The summed E-state index contributed by atoms with van der Waals surface area (Å²) in [5.74, 6) is 0.656. The average Bonchev–Trinajstić information content (AvgIpc) is 2.51. The molecule has 0 saturated carbocycles. The lowest BCUT2D eigenvalue weighted by Gasteiger charge is -2.10. The van der Waals surface area contributed by atoms with Gasteiger partial charge in [-0.1, -0.05) is 27.2 Å². The molecule has 0 aromatic carbocycles. The molecule has 0 saturated heterocycles. The Balaban J connectivity index is 2.84. The Kier molecular flexibility index (Phi) is 4.82. The molecule has 86 valence electrons. The van der Waals surface area contributed by atoms with Gasteiger partial charge in [-0.25, -0.2) is 0 Å². The number of hydrogen-bond acceptors (Lipinski definition) is 2. The number of hydrogen-bond donors (Lipinski definition) is 1. The highest BCUT2D eigenvalue weighted by Gasteiger charge is 2.09. The van der Waals surface area contributed by atoms with Crippen LogP contribution in [-0.4, -0.2) is 16.8 Å². The molecule has 0 atom stereocenters. The summed E-state index contributed by atoms with van der Waals surface area (Å²) >= 11 is 0. The SMILES string of the molecule is CCCc1c(CNC)cnn1CC(C)C. The Hall–Kier alpha value is -0.830. The van der Waals surface area contributed by atoms with E-state index in [1.807, 2.05) is 13.2 Å². The molecular formula is C12H23N3. The van der Waals surface area contributed by atoms with Crippen LogP contribution in [0.25, 0.3) is 0 Å². The number of aromatic nitrogens is 2. The van der Waals surface area contributed by atoms with Gasteiger partial charge in [0.25, 0.3) is 0 Å². The molecular weight excluding hydrogens is 186 g/mol. The lowest BCUT2D eigenvalue weighted by atomic mass is 10.1. The highest BCUT2D eigenvalue weighted by Crippen LogP contribution is 2.13. The monoisotopic (exact) mass is 209 g/mol. The largest absolute Gasteiger partial charge is 0.316 e. The van der Waals surface area contributed by atoms with E-state index >= 15 is 0 Å². The molecule has 0 radical (unpaired) electrons. The number of nitrogens with one attached hydrogen (secondary N) is 1. The first-order valence-corrected chi connectivity index (χ1v) is 5.87. The van der Waals surface area contributed by atoms with E-state index in [2.05, 4.69) is 35.9 Å². The zero-order valence-corrected chi connectivity index (χ0v) is 10.4. The van der Waals surface area contributed by atoms with E-state index < -0.39 is 0 Å². The summed E-state index contributed by atoms with van der Waals surface area (Å²) in [5.41, 5.74) is 2.75. The molecule has 3 heteroatoms. The van der Waals surface area contributed by atoms with E-state index in [-0.39, 0.29) is 0 Å². The predicted octanol–water partition coefficient (Wildman–Crippen LogP) is 2.21. The maximum atomic E-state index is 4.47. The topological polar surface area (TPSA) is 29.9 Å². The van der Waals surface area contributed by atoms with E-state index in [1.54, 1.807) is 0 Å². The Bertz CT molecular complexity index is 289. The van der Waals surface area contributed by atoms with Crippen LogP contribution in [0.5, 0.6) is 0 Å². The molecule has 1 N–H and O–H groups in total. The van der Waals surface area contributed by atoms with Crippen LogP contribution in [0.3, 0.4) is 0 Å². The molecule has 1 rings (SSSR count). The lowest BCUT2D eigenvalue weighted by molar-refractivity contribution is 0.466. The van der Waals surface area contributed by atoms with Gasteiger partial charge in [0, 0.05) is 24.3 Å². The van der Waals surface area contributed by atoms with Crippen LogP contribution in [0, 0.1) is 5.92 Å². The summed E-state index contributed by atoms with van der Waals surface area (Å²) < 4.78 is 2.17. The number of rotatable bonds is 6. The highest BCUT2D eigenvalue weighted by molar-refractivity contribution is 5.17. The molecule has 0 aliphatic rings. The van der Waals surface area contributed by atoms with E-state index in [1.165, 1.54) is 17.7 Å². The second-order valence-corrected chi connectivity index (χ2v) is 4.47. The van der Waals surface area contributed by atoms with Crippen LogP contribution >= 0.6 is 0 Å². The first-order valence-electron chi connectivity index (χ1n) is 5.87. The standard InChI is InChI=1S/C12H23N3/c1-5-6-12-11(7-13-4)8-14-15(12)9-10(2)3/h8,10,13H,5-7,9H2,1-4H3. The molecule has 1 aromatic heterocycles. The van der Waals surface area contributed by atoms with Gasteiger partial charge in [0.05, 0.1) is 6.20 Å². The van der Waals surface area contributed by atoms with Gasteiger partial charge < -0.3 is 5.32 Å². The van der Waals surface area contributed by atoms with Gasteiger partial charge in [0.1, 0.15) is 0 Å². The van der Waals surface area contributed by atoms with E-state index in [9.17, 15) is 0 Å². The van der Waals surface area contributed by atoms with Crippen LogP contribution in [0.2, 0.25) is 0 Å². The minimum atomic E-state index is 0.656. The molecule has 0 bridgehead atoms. The maximum Gasteiger partial charge on any atom is 0.0537 e. The molecule has 1 heterocycles. The van der Waals surface area contributed by atoms with Crippen molar-refractivity contribution in [1.29, 1.82) is 0 Å². The van der Waals surface area contributed by atoms with E-state index in [0.29, 0.717) is 5.92 Å². The lowest BCUT2D eigenvalue weighted by Crippen LogP contribution is -2.12. The van der Waals surface area contributed by atoms with Crippen LogP contribution in [0.1, 0.15) is 38.4 Å². The van der Waals surface area contributed by atoms with Crippen molar-refractivity contribution in [3.63, 3.8) is 0 Å². The molecule has 0 unspecified atom stereocenters. The minimum absolute atomic E-state index is 0.656. The summed E-state index contributed by atoms with van der Waals surface area (Å²) in [6.45, 7) is 8.63. The fourth-order valence-electron chi connectivity index (χ4n) is 1.82. The third-order valence-corrected chi connectivity index (χ3v) is 2.43. The van der Waals surface area contributed by atoms with Crippen molar-refractivity contribution in [3.05, 3.63) is 17.5 Å². The van der Waals surface area contributed by atoms with E-state index in [4.69, 9.17) is 0 Å². The van der Waals surface area contributed by atoms with Crippen molar-refractivity contribution < 1.29 is 0 Å². The molecule has 0 aliphatic carbocycles. The Morgan fingerprint density at radius 3 is 2.73 bits per heavy atom. The zero-order chi connectivity index (χ0) is 11.3. The summed E-state index contributed by atoms with van der Waals surface area (Å²) in [7, 11) is 1.98. The first kappa shape index (κ1) is 12.2. The smallest absolute Gasteiger partial charge is 0.0537 e. The third-order valence-electron chi connectivity index (χ3n) is 2.43. The van der Waals surface area contributed by atoms with Gasteiger partial charge in [-0.3, -0.25) is 4.68 Å². The van der Waals surface area contributed by atoms with Crippen LogP contribution in [-0.2, 0) is 19.5 Å². The molecule has 0 amide bonds. The highest BCUT2D eigenvalue weighted by atomic mass is 15.3. The van der Waals surface area contributed by atoms with Crippen LogP contribution in [0.4, 0.5) is 0 Å². The van der Waals surface area contributed by atoms with Crippen molar-refractivity contribution in [2.45, 2.75) is 46.7 Å². The fourth-order valence-corrected chi connectivity index (χ4v) is 1.82. The van der Waals surface area contributed by atoms with Gasteiger partial charge in [-0.05, 0) is 19.4 Å². The average molecular weight is 209 g/mol. The van der Waals surface area contributed by atoms with Crippen molar-refractivity contribution in [2.24, 2.45) is 5.92 Å². The Morgan fingerprint density at radius 2 is 2.20 bits per heavy atom. The summed E-state index contributed by atoms with van der Waals surface area (Å²) in [4.78, 5) is 0. The molecule has 15 heavy (non-hydrogen) atoms. The quantitative estimate of drug-likeness (QED) is 0.778.